The van der Waals surface area contributed by atoms with Crippen LogP contribution >= 0.6 is 0 Å². The predicted octanol–water partition coefficient (Wildman–Crippen LogP) is 17.9. The van der Waals surface area contributed by atoms with Gasteiger partial charge in [0, 0.05) is 51.2 Å². The molecule has 0 radical (unpaired) electrons. The molecular weight excluding hydrogens is 906 g/mol. The summed E-state index contributed by atoms with van der Waals surface area (Å²) >= 11 is 0. The van der Waals surface area contributed by atoms with Crippen molar-refractivity contribution in [2.24, 2.45) is 0 Å². The minimum absolute atomic E-state index is 0.00934. The average Bonchev–Trinajstić information content (AvgIpc) is 3.38. The highest BCUT2D eigenvalue weighted by atomic mass is 15.2. The molecule has 3 nitrogen and oxygen atoms in total. The molecule has 0 bridgehead atoms. The topological polar surface area (TPSA) is 9.72 Å². The lowest BCUT2D eigenvalue weighted by molar-refractivity contribution is 0.332. The van der Waals surface area contributed by atoms with E-state index in [4.69, 9.17) is 0 Å². The summed E-state index contributed by atoms with van der Waals surface area (Å²) in [7, 11) is 0. The molecule has 75 heavy (non-hydrogen) atoms. The van der Waals surface area contributed by atoms with E-state index in [-0.39, 0.29) is 44.6 Å². The van der Waals surface area contributed by atoms with Crippen LogP contribution in [0.2, 0.25) is 0 Å². The van der Waals surface area contributed by atoms with Crippen molar-refractivity contribution >= 4 is 74.3 Å². The summed E-state index contributed by atoms with van der Waals surface area (Å²) in [6.07, 6.45) is 7.05. The van der Waals surface area contributed by atoms with E-state index in [9.17, 15) is 0 Å². The standard InChI is InChI=1S/C71H82BN3/c1-45-37-52-55(70(13,14)35-33-67(52,7)8)43-59(45)75-60-41-50(73(47-23-19-17-20-24-47)48-25-21-18-22-26-48)28-30-57(60)72-58-42-54-56(71(15,16)36-34-69(54,11)12)44-61(58)74(62-38-46(65(2,3)4)39-63(75)64(62)72)49-27-29-51-53(40-49)68(9,10)32-31-66(51,5)6/h17-30,37-44H,31-36H2,1-16H3. The highest BCUT2D eigenvalue weighted by Crippen LogP contribution is 2.55. The summed E-state index contributed by atoms with van der Waals surface area (Å²) in [5.74, 6) is 0. The second kappa shape index (κ2) is 16.5. The zero-order valence-electron chi connectivity index (χ0n) is 48.4. The molecule has 3 aliphatic carbocycles. The zero-order valence-corrected chi connectivity index (χ0v) is 48.4. The van der Waals surface area contributed by atoms with Crippen LogP contribution in [0.3, 0.4) is 0 Å². The van der Waals surface area contributed by atoms with Gasteiger partial charge in [0.15, 0.2) is 0 Å². The quantitative estimate of drug-likeness (QED) is 0.159. The second-order valence-corrected chi connectivity index (χ2v) is 28.7. The van der Waals surface area contributed by atoms with Gasteiger partial charge in [-0.3, -0.25) is 0 Å². The van der Waals surface area contributed by atoms with E-state index in [1.54, 1.807) is 0 Å². The van der Waals surface area contributed by atoms with E-state index < -0.39 is 0 Å². The van der Waals surface area contributed by atoms with Crippen molar-refractivity contribution in [3.05, 3.63) is 178 Å². The molecule has 12 rings (SSSR count). The maximum Gasteiger partial charge on any atom is 0.252 e. The van der Waals surface area contributed by atoms with E-state index in [2.05, 4.69) is 259 Å². The molecule has 0 N–H and O–H groups in total. The van der Waals surface area contributed by atoms with E-state index in [1.807, 2.05) is 0 Å². The first-order valence-electron chi connectivity index (χ1n) is 28.5. The van der Waals surface area contributed by atoms with Gasteiger partial charge in [-0.15, -0.1) is 0 Å². The highest BCUT2D eigenvalue weighted by Gasteiger charge is 2.49. The molecular formula is C71H82BN3. The third-order valence-electron chi connectivity index (χ3n) is 19.7. The van der Waals surface area contributed by atoms with Crippen LogP contribution in [-0.4, -0.2) is 6.71 Å². The Kier molecular flexibility index (Phi) is 11.0. The van der Waals surface area contributed by atoms with Crippen LogP contribution in [0.1, 0.15) is 187 Å². The van der Waals surface area contributed by atoms with Crippen LogP contribution in [0.15, 0.2) is 133 Å². The molecule has 0 atom stereocenters. The molecule has 0 saturated carbocycles. The minimum Gasteiger partial charge on any atom is -0.311 e. The van der Waals surface area contributed by atoms with E-state index in [0.717, 1.165) is 23.5 Å². The first-order chi connectivity index (χ1) is 35.2. The summed E-state index contributed by atoms with van der Waals surface area (Å²) in [5, 5.41) is 0. The molecule has 7 aromatic rings. The number of fused-ring (bicyclic) bond motifs is 7. The molecule has 384 valence electrons. The smallest absolute Gasteiger partial charge is 0.252 e. The Balaban J connectivity index is 1.22. The lowest BCUT2D eigenvalue weighted by atomic mass is 9.33. The van der Waals surface area contributed by atoms with Crippen LogP contribution in [0, 0.1) is 6.92 Å². The Hall–Kier alpha value is -6.00. The van der Waals surface area contributed by atoms with Gasteiger partial charge >= 0.3 is 0 Å². The Morgan fingerprint density at radius 1 is 0.387 bits per heavy atom. The van der Waals surface area contributed by atoms with Gasteiger partial charge in [-0.05, 0) is 217 Å². The predicted molar refractivity (Wildman–Crippen MR) is 324 cm³/mol. The normalized spacial score (nSPS) is 19.7. The van der Waals surface area contributed by atoms with Gasteiger partial charge in [-0.1, -0.05) is 165 Å². The average molecular weight is 988 g/mol. The van der Waals surface area contributed by atoms with Gasteiger partial charge in [-0.2, -0.15) is 0 Å². The summed E-state index contributed by atoms with van der Waals surface area (Å²) in [5.41, 5.74) is 27.2. The van der Waals surface area contributed by atoms with Crippen molar-refractivity contribution in [2.75, 3.05) is 14.7 Å². The highest BCUT2D eigenvalue weighted by molar-refractivity contribution is 7.00. The lowest BCUT2D eigenvalue weighted by Gasteiger charge is -2.49. The molecule has 0 amide bonds. The summed E-state index contributed by atoms with van der Waals surface area (Å²) in [4.78, 5) is 7.93. The summed E-state index contributed by atoms with van der Waals surface area (Å²) in [6.45, 7) is 39.4. The maximum atomic E-state index is 2.74. The molecule has 7 aromatic carbocycles. The van der Waals surface area contributed by atoms with Gasteiger partial charge in [0.2, 0.25) is 0 Å². The van der Waals surface area contributed by atoms with Gasteiger partial charge in [0.05, 0.1) is 0 Å². The number of hydrogen-bond acceptors (Lipinski definition) is 3. The second-order valence-electron chi connectivity index (χ2n) is 28.7. The summed E-state index contributed by atoms with van der Waals surface area (Å²) < 4.78 is 0. The molecule has 0 spiro atoms. The van der Waals surface area contributed by atoms with Crippen molar-refractivity contribution in [1.29, 1.82) is 0 Å². The fourth-order valence-corrected chi connectivity index (χ4v) is 14.4. The van der Waals surface area contributed by atoms with Gasteiger partial charge in [0.1, 0.15) is 0 Å². The van der Waals surface area contributed by atoms with Crippen LogP contribution in [0.25, 0.3) is 0 Å². The Morgan fingerprint density at radius 3 is 1.35 bits per heavy atom. The lowest BCUT2D eigenvalue weighted by Crippen LogP contribution is -2.62. The van der Waals surface area contributed by atoms with Gasteiger partial charge < -0.3 is 14.7 Å². The first kappa shape index (κ1) is 49.9. The molecule has 0 unspecified atom stereocenters. The fourth-order valence-electron chi connectivity index (χ4n) is 14.4. The summed E-state index contributed by atoms with van der Waals surface area (Å²) in [6, 6.07) is 52.8. The third-order valence-corrected chi connectivity index (χ3v) is 19.7. The molecule has 0 fully saturated rings. The number of para-hydroxylation sites is 2. The fraction of sp³-hybridized carbons (Fsp3) is 0.408. The van der Waals surface area contributed by atoms with Crippen molar-refractivity contribution in [3.63, 3.8) is 0 Å². The molecule has 2 heterocycles. The number of rotatable bonds is 5. The molecule has 2 aliphatic heterocycles. The van der Waals surface area contributed by atoms with Crippen molar-refractivity contribution in [2.45, 2.75) is 187 Å². The van der Waals surface area contributed by atoms with Crippen LogP contribution in [0.5, 0.6) is 0 Å². The number of hydrogen-bond donors (Lipinski definition) is 0. The van der Waals surface area contributed by atoms with E-state index in [1.165, 1.54) is 127 Å². The number of aryl methyl sites for hydroxylation is 1. The Labute approximate surface area is 451 Å². The molecule has 4 heteroatoms. The van der Waals surface area contributed by atoms with Crippen molar-refractivity contribution in [3.8, 4) is 0 Å². The van der Waals surface area contributed by atoms with Crippen molar-refractivity contribution < 1.29 is 0 Å². The first-order valence-corrected chi connectivity index (χ1v) is 28.5. The SMILES string of the molecule is Cc1cc2c(cc1N1c3cc(N(c4ccccc4)c4ccccc4)ccc3B3c4cc5c(cc4N(c4ccc6c(c4)C(C)(C)CCC6(C)C)c4cc(C(C)(C)C)cc1c43)C(C)(C)CCC5(C)C)C(C)(C)CCC2(C)C. The van der Waals surface area contributed by atoms with Gasteiger partial charge in [0.25, 0.3) is 6.71 Å². The van der Waals surface area contributed by atoms with E-state index in [0.29, 0.717) is 0 Å². The third kappa shape index (κ3) is 7.79. The van der Waals surface area contributed by atoms with Crippen LogP contribution < -0.4 is 31.1 Å². The number of nitrogens with zero attached hydrogens (tertiary/aromatic N) is 3. The number of anilines is 9. The number of benzene rings is 7. The maximum absolute atomic E-state index is 2.74. The zero-order chi connectivity index (χ0) is 53.2. The van der Waals surface area contributed by atoms with Crippen molar-refractivity contribution in [1.82, 2.24) is 0 Å². The van der Waals surface area contributed by atoms with Crippen LogP contribution in [-0.2, 0) is 37.9 Å². The molecule has 5 aliphatic rings. The Bertz CT molecular complexity index is 3410. The monoisotopic (exact) mass is 988 g/mol. The Morgan fingerprint density at radius 2 is 0.827 bits per heavy atom. The molecule has 0 saturated heterocycles. The van der Waals surface area contributed by atoms with Crippen LogP contribution in [0.4, 0.5) is 51.2 Å². The van der Waals surface area contributed by atoms with E-state index >= 15 is 0 Å². The minimum atomic E-state index is -0.140. The largest absolute Gasteiger partial charge is 0.311 e. The molecule has 0 aromatic heterocycles. The van der Waals surface area contributed by atoms with Gasteiger partial charge in [-0.25, -0.2) is 0 Å².